The molecule has 130 valence electrons. The van der Waals surface area contributed by atoms with Gasteiger partial charge in [-0.15, -0.1) is 0 Å². The van der Waals surface area contributed by atoms with Crippen LogP contribution in [-0.4, -0.2) is 32.7 Å². The third kappa shape index (κ3) is 5.49. The van der Waals surface area contributed by atoms with E-state index in [-0.39, 0.29) is 42.6 Å². The Bertz CT molecular complexity index is 714. The van der Waals surface area contributed by atoms with Crippen LogP contribution in [0.1, 0.15) is 45.3 Å². The van der Waals surface area contributed by atoms with Crippen LogP contribution in [0.3, 0.4) is 0 Å². The van der Waals surface area contributed by atoms with E-state index in [4.69, 9.17) is 9.05 Å². The molecule has 2 aromatic heterocycles. The number of aryl methyl sites for hydroxylation is 1. The standard InChI is InChI=1S/C15H21N5O4/c1-9-7-10(19-23-9)14-17-13(24-20-14)8-16-11(21)5-6-12(22)18-15(2,3)4/h7H,5-6,8H2,1-4H3,(H,16,21)(H,18,22). The lowest BCUT2D eigenvalue weighted by Gasteiger charge is -2.20. The minimum Gasteiger partial charge on any atom is -0.361 e. The van der Waals surface area contributed by atoms with Crippen LogP contribution in [0.5, 0.6) is 0 Å². The summed E-state index contributed by atoms with van der Waals surface area (Å²) in [5.74, 6) is 0.743. The summed E-state index contributed by atoms with van der Waals surface area (Å²) in [4.78, 5) is 27.5. The quantitative estimate of drug-likeness (QED) is 0.816. The Kier molecular flexibility index (Phi) is 5.32. The van der Waals surface area contributed by atoms with Gasteiger partial charge in [0.15, 0.2) is 5.69 Å². The molecule has 24 heavy (non-hydrogen) atoms. The minimum absolute atomic E-state index is 0.0869. The van der Waals surface area contributed by atoms with Gasteiger partial charge in [0.25, 0.3) is 0 Å². The lowest BCUT2D eigenvalue weighted by Crippen LogP contribution is -2.41. The molecule has 9 nitrogen and oxygen atoms in total. The zero-order valence-corrected chi connectivity index (χ0v) is 14.2. The van der Waals surface area contributed by atoms with E-state index in [1.807, 2.05) is 20.8 Å². The van der Waals surface area contributed by atoms with Crippen molar-refractivity contribution >= 4 is 11.8 Å². The monoisotopic (exact) mass is 335 g/mol. The van der Waals surface area contributed by atoms with E-state index in [9.17, 15) is 9.59 Å². The first-order chi connectivity index (χ1) is 11.2. The first-order valence-electron chi connectivity index (χ1n) is 7.57. The van der Waals surface area contributed by atoms with Gasteiger partial charge in [-0.05, 0) is 27.7 Å². The zero-order valence-electron chi connectivity index (χ0n) is 14.2. The molecule has 0 spiro atoms. The Labute approximate surface area is 139 Å². The number of hydrogen-bond acceptors (Lipinski definition) is 7. The Morgan fingerprint density at radius 2 is 1.83 bits per heavy atom. The van der Waals surface area contributed by atoms with Crippen molar-refractivity contribution in [3.8, 4) is 11.5 Å². The Balaban J connectivity index is 1.76. The van der Waals surface area contributed by atoms with Crippen LogP contribution in [0.4, 0.5) is 0 Å². The molecule has 0 saturated heterocycles. The molecule has 0 unspecified atom stereocenters. The van der Waals surface area contributed by atoms with Crippen molar-refractivity contribution < 1.29 is 18.6 Å². The Morgan fingerprint density at radius 3 is 2.46 bits per heavy atom. The van der Waals surface area contributed by atoms with Gasteiger partial charge in [0, 0.05) is 24.4 Å². The molecule has 0 fully saturated rings. The molecule has 0 aliphatic rings. The molecule has 0 saturated carbocycles. The van der Waals surface area contributed by atoms with Crippen LogP contribution in [0.25, 0.3) is 11.5 Å². The topological polar surface area (TPSA) is 123 Å². The fraction of sp³-hybridized carbons (Fsp3) is 0.533. The number of rotatable bonds is 6. The number of hydrogen-bond donors (Lipinski definition) is 2. The summed E-state index contributed by atoms with van der Waals surface area (Å²) in [5, 5.41) is 13.0. The van der Waals surface area contributed by atoms with Crippen LogP contribution in [0, 0.1) is 6.92 Å². The maximum atomic E-state index is 11.8. The van der Waals surface area contributed by atoms with Gasteiger partial charge in [-0.25, -0.2) is 0 Å². The number of aromatic nitrogens is 3. The summed E-state index contributed by atoms with van der Waals surface area (Å²) in [6.07, 6.45) is 0.210. The predicted molar refractivity (Wildman–Crippen MR) is 83.5 cm³/mol. The SMILES string of the molecule is Cc1cc(-c2noc(CNC(=O)CCC(=O)NC(C)(C)C)n2)no1. The molecular formula is C15H21N5O4. The van der Waals surface area contributed by atoms with Crippen molar-refractivity contribution in [2.75, 3.05) is 0 Å². The van der Waals surface area contributed by atoms with E-state index in [1.54, 1.807) is 13.0 Å². The van der Waals surface area contributed by atoms with Crippen molar-refractivity contribution in [3.63, 3.8) is 0 Å². The van der Waals surface area contributed by atoms with Crippen molar-refractivity contribution in [1.29, 1.82) is 0 Å². The minimum atomic E-state index is -0.312. The van der Waals surface area contributed by atoms with Crippen molar-refractivity contribution in [1.82, 2.24) is 25.9 Å². The van der Waals surface area contributed by atoms with Crippen LogP contribution in [0.15, 0.2) is 15.1 Å². The van der Waals surface area contributed by atoms with Crippen LogP contribution < -0.4 is 10.6 Å². The highest BCUT2D eigenvalue weighted by atomic mass is 16.5. The molecule has 2 heterocycles. The summed E-state index contributed by atoms with van der Waals surface area (Å²) in [6, 6.07) is 1.68. The predicted octanol–water partition coefficient (Wildman–Crippen LogP) is 1.34. The smallest absolute Gasteiger partial charge is 0.246 e. The van der Waals surface area contributed by atoms with Crippen LogP contribution in [-0.2, 0) is 16.1 Å². The first-order valence-corrected chi connectivity index (χ1v) is 7.57. The molecule has 0 aliphatic carbocycles. The van der Waals surface area contributed by atoms with Gasteiger partial charge >= 0.3 is 0 Å². The van der Waals surface area contributed by atoms with Gasteiger partial charge in [0.1, 0.15) is 5.76 Å². The highest BCUT2D eigenvalue weighted by Crippen LogP contribution is 2.15. The Morgan fingerprint density at radius 1 is 1.12 bits per heavy atom. The average molecular weight is 335 g/mol. The van der Waals surface area contributed by atoms with Gasteiger partial charge in [0.2, 0.25) is 23.5 Å². The second kappa shape index (κ2) is 7.24. The van der Waals surface area contributed by atoms with Gasteiger partial charge in [-0.1, -0.05) is 10.3 Å². The number of carbonyl (C=O) groups excluding carboxylic acids is 2. The third-order valence-corrected chi connectivity index (χ3v) is 2.86. The molecule has 0 bridgehead atoms. The van der Waals surface area contributed by atoms with E-state index < -0.39 is 0 Å². The summed E-state index contributed by atoms with van der Waals surface area (Å²) in [6.45, 7) is 7.49. The molecule has 9 heteroatoms. The van der Waals surface area contributed by atoms with Gasteiger partial charge in [-0.3, -0.25) is 9.59 Å². The van der Waals surface area contributed by atoms with Crippen LogP contribution in [0.2, 0.25) is 0 Å². The summed E-state index contributed by atoms with van der Waals surface area (Å²) >= 11 is 0. The largest absolute Gasteiger partial charge is 0.361 e. The molecule has 0 aromatic carbocycles. The molecule has 0 aliphatic heterocycles. The zero-order chi connectivity index (χ0) is 17.7. The number of carbonyl (C=O) groups is 2. The molecule has 2 rings (SSSR count). The normalized spacial score (nSPS) is 11.3. The lowest BCUT2D eigenvalue weighted by atomic mass is 10.1. The van der Waals surface area contributed by atoms with E-state index >= 15 is 0 Å². The summed E-state index contributed by atoms with van der Waals surface area (Å²) in [7, 11) is 0. The fourth-order valence-corrected chi connectivity index (χ4v) is 1.87. The van der Waals surface area contributed by atoms with Crippen LogP contribution >= 0.6 is 0 Å². The highest BCUT2D eigenvalue weighted by molar-refractivity contribution is 5.83. The van der Waals surface area contributed by atoms with Gasteiger partial charge < -0.3 is 19.7 Å². The fourth-order valence-electron chi connectivity index (χ4n) is 1.87. The van der Waals surface area contributed by atoms with Gasteiger partial charge in [-0.2, -0.15) is 4.98 Å². The van der Waals surface area contributed by atoms with Gasteiger partial charge in [0.05, 0.1) is 6.54 Å². The summed E-state index contributed by atoms with van der Waals surface area (Å²) in [5.41, 5.74) is 0.153. The maximum absolute atomic E-state index is 11.8. The van der Waals surface area contributed by atoms with Crippen molar-refractivity contribution in [3.05, 3.63) is 17.7 Å². The first kappa shape index (κ1) is 17.6. The average Bonchev–Trinajstić information content (AvgIpc) is 3.09. The third-order valence-electron chi connectivity index (χ3n) is 2.86. The van der Waals surface area contributed by atoms with E-state index in [2.05, 4.69) is 25.9 Å². The second-order valence-corrected chi connectivity index (χ2v) is 6.41. The van der Waals surface area contributed by atoms with E-state index in [1.165, 1.54) is 0 Å². The van der Waals surface area contributed by atoms with Crippen molar-refractivity contribution in [2.45, 2.75) is 52.6 Å². The van der Waals surface area contributed by atoms with E-state index in [0.717, 1.165) is 0 Å². The molecule has 2 N–H and O–H groups in total. The summed E-state index contributed by atoms with van der Waals surface area (Å²) < 4.78 is 9.97. The number of amides is 2. The highest BCUT2D eigenvalue weighted by Gasteiger charge is 2.16. The number of nitrogens with zero attached hydrogens (tertiary/aromatic N) is 3. The van der Waals surface area contributed by atoms with Crippen molar-refractivity contribution in [2.24, 2.45) is 0 Å². The molecule has 2 amide bonds. The molecule has 0 atom stereocenters. The second-order valence-electron chi connectivity index (χ2n) is 6.41. The molecular weight excluding hydrogens is 314 g/mol. The van der Waals surface area contributed by atoms with E-state index in [0.29, 0.717) is 17.3 Å². The maximum Gasteiger partial charge on any atom is 0.246 e. The molecule has 2 aromatic rings. The Hall–Kier alpha value is -2.71. The lowest BCUT2D eigenvalue weighted by molar-refractivity contribution is -0.127. The molecule has 0 radical (unpaired) electrons. The number of nitrogens with one attached hydrogen (secondary N) is 2.